The van der Waals surface area contributed by atoms with E-state index in [1.807, 2.05) is 6.92 Å². The first kappa shape index (κ1) is 17.6. The molecule has 0 spiro atoms. The first-order valence-electron chi connectivity index (χ1n) is 7.66. The number of amides is 2. The van der Waals surface area contributed by atoms with Gasteiger partial charge in [-0.3, -0.25) is 4.68 Å². The van der Waals surface area contributed by atoms with Gasteiger partial charge in [0, 0.05) is 25.8 Å². The number of piperidine rings is 1. The summed E-state index contributed by atoms with van der Waals surface area (Å²) in [7, 11) is 1.37. The number of carbonyl (C=O) groups is 1. The van der Waals surface area contributed by atoms with Crippen molar-refractivity contribution in [1.82, 2.24) is 20.0 Å². The molecule has 1 aliphatic heterocycles. The van der Waals surface area contributed by atoms with Crippen LogP contribution in [0.1, 0.15) is 31.9 Å². The summed E-state index contributed by atoms with van der Waals surface area (Å²) in [4.78, 5) is 14.2. The van der Waals surface area contributed by atoms with E-state index < -0.39 is 17.9 Å². The maximum Gasteiger partial charge on any atom is 0.437 e. The zero-order valence-corrected chi connectivity index (χ0v) is 13.3. The fourth-order valence-electron chi connectivity index (χ4n) is 2.75. The molecule has 0 radical (unpaired) electrons. The lowest BCUT2D eigenvalue weighted by molar-refractivity contribution is -0.140. The van der Waals surface area contributed by atoms with Crippen LogP contribution in [0.2, 0.25) is 0 Å². The summed E-state index contributed by atoms with van der Waals surface area (Å²) in [5.41, 5.74) is -1.44. The van der Waals surface area contributed by atoms with Gasteiger partial charge in [0.1, 0.15) is 0 Å². The summed E-state index contributed by atoms with van der Waals surface area (Å²) in [6.45, 7) is 4.51. The third-order valence-electron chi connectivity index (χ3n) is 3.70. The average molecular weight is 333 g/mol. The molecule has 1 unspecified atom stereocenters. The Kier molecular flexibility index (Phi) is 5.51. The van der Waals surface area contributed by atoms with Crippen molar-refractivity contribution in [3.05, 3.63) is 11.9 Å². The number of halogens is 3. The maximum absolute atomic E-state index is 12.8. The van der Waals surface area contributed by atoms with E-state index in [9.17, 15) is 18.0 Å². The van der Waals surface area contributed by atoms with E-state index in [0.29, 0.717) is 6.54 Å². The fourth-order valence-corrected chi connectivity index (χ4v) is 2.75. The SMILES string of the molecule is CC(CN1CCCCC1)NC(=O)Nc1cn(C)nc1C(F)(F)F. The van der Waals surface area contributed by atoms with Gasteiger partial charge in [0.05, 0.1) is 5.69 Å². The number of aromatic nitrogens is 2. The van der Waals surface area contributed by atoms with Gasteiger partial charge in [-0.1, -0.05) is 6.42 Å². The molecule has 1 aromatic heterocycles. The summed E-state index contributed by atoms with van der Waals surface area (Å²) < 4.78 is 39.5. The Labute approximate surface area is 133 Å². The van der Waals surface area contributed by atoms with Gasteiger partial charge in [-0.25, -0.2) is 4.79 Å². The minimum absolute atomic E-state index is 0.154. The normalized spacial score (nSPS) is 17.8. The van der Waals surface area contributed by atoms with Crippen molar-refractivity contribution in [3.8, 4) is 0 Å². The summed E-state index contributed by atoms with van der Waals surface area (Å²) >= 11 is 0. The third kappa shape index (κ3) is 5.12. The molecule has 1 aromatic rings. The summed E-state index contributed by atoms with van der Waals surface area (Å²) in [6.07, 6.45) is 0.0358. The molecular formula is C14H22F3N5O. The van der Waals surface area contributed by atoms with Crippen molar-refractivity contribution in [1.29, 1.82) is 0 Å². The lowest BCUT2D eigenvalue weighted by Gasteiger charge is -2.29. The van der Waals surface area contributed by atoms with Crippen LogP contribution in [0.25, 0.3) is 0 Å². The molecule has 1 atom stereocenters. The molecule has 2 amide bonds. The highest BCUT2D eigenvalue weighted by atomic mass is 19.4. The lowest BCUT2D eigenvalue weighted by atomic mass is 10.1. The Morgan fingerprint density at radius 3 is 2.61 bits per heavy atom. The number of rotatable bonds is 4. The molecule has 1 aliphatic rings. The van der Waals surface area contributed by atoms with Crippen molar-refractivity contribution >= 4 is 11.7 Å². The van der Waals surface area contributed by atoms with E-state index in [1.165, 1.54) is 13.5 Å². The third-order valence-corrected chi connectivity index (χ3v) is 3.70. The molecular weight excluding hydrogens is 311 g/mol. The summed E-state index contributed by atoms with van der Waals surface area (Å²) in [5.74, 6) is 0. The first-order valence-corrected chi connectivity index (χ1v) is 7.66. The molecule has 1 fully saturated rings. The van der Waals surface area contributed by atoms with Crippen LogP contribution in [-0.2, 0) is 13.2 Å². The van der Waals surface area contributed by atoms with Gasteiger partial charge in [0.25, 0.3) is 0 Å². The Balaban J connectivity index is 1.89. The van der Waals surface area contributed by atoms with E-state index in [2.05, 4.69) is 20.6 Å². The molecule has 0 aromatic carbocycles. The molecule has 2 heterocycles. The van der Waals surface area contributed by atoms with Gasteiger partial charge >= 0.3 is 12.2 Å². The van der Waals surface area contributed by atoms with Crippen LogP contribution in [-0.4, -0.2) is 46.4 Å². The molecule has 6 nitrogen and oxygen atoms in total. The summed E-state index contributed by atoms with van der Waals surface area (Å²) in [6, 6.07) is -0.813. The Hall–Kier alpha value is -1.77. The lowest BCUT2D eigenvalue weighted by Crippen LogP contribution is -2.45. The molecule has 130 valence electrons. The Bertz CT molecular complexity index is 537. The van der Waals surface area contributed by atoms with Crippen molar-refractivity contribution < 1.29 is 18.0 Å². The van der Waals surface area contributed by atoms with Crippen molar-refractivity contribution in [2.45, 2.75) is 38.4 Å². The molecule has 2 N–H and O–H groups in total. The van der Waals surface area contributed by atoms with Crippen LogP contribution in [0.4, 0.5) is 23.7 Å². The minimum atomic E-state index is -4.61. The van der Waals surface area contributed by atoms with Crippen LogP contribution in [0.5, 0.6) is 0 Å². The first-order chi connectivity index (χ1) is 10.8. The van der Waals surface area contributed by atoms with E-state index in [-0.39, 0.29) is 11.7 Å². The van der Waals surface area contributed by atoms with E-state index in [4.69, 9.17) is 0 Å². The molecule has 23 heavy (non-hydrogen) atoms. The quantitative estimate of drug-likeness (QED) is 0.890. The molecule has 0 aliphatic carbocycles. The predicted molar refractivity (Wildman–Crippen MR) is 80.1 cm³/mol. The van der Waals surface area contributed by atoms with Crippen molar-refractivity contribution in [3.63, 3.8) is 0 Å². The van der Waals surface area contributed by atoms with Gasteiger partial charge in [-0.2, -0.15) is 18.3 Å². The fraction of sp³-hybridized carbons (Fsp3) is 0.714. The highest BCUT2D eigenvalue weighted by Gasteiger charge is 2.37. The van der Waals surface area contributed by atoms with Gasteiger partial charge in [0.2, 0.25) is 0 Å². The highest BCUT2D eigenvalue weighted by molar-refractivity contribution is 5.90. The second-order valence-electron chi connectivity index (χ2n) is 5.92. The smallest absolute Gasteiger partial charge is 0.334 e. The monoisotopic (exact) mass is 333 g/mol. The minimum Gasteiger partial charge on any atom is -0.334 e. The van der Waals surface area contributed by atoms with E-state index >= 15 is 0 Å². The number of anilines is 1. The van der Waals surface area contributed by atoms with Gasteiger partial charge in [-0.05, 0) is 32.9 Å². The highest BCUT2D eigenvalue weighted by Crippen LogP contribution is 2.33. The average Bonchev–Trinajstić information content (AvgIpc) is 2.80. The van der Waals surface area contributed by atoms with E-state index in [0.717, 1.165) is 36.8 Å². The second-order valence-corrected chi connectivity index (χ2v) is 5.92. The number of nitrogens with one attached hydrogen (secondary N) is 2. The number of aryl methyl sites for hydroxylation is 1. The zero-order valence-electron chi connectivity index (χ0n) is 13.3. The molecule has 1 saturated heterocycles. The molecule has 0 saturated carbocycles. The Morgan fingerprint density at radius 1 is 1.35 bits per heavy atom. The standard InChI is InChI=1S/C14H22F3N5O/c1-10(8-22-6-4-3-5-7-22)18-13(23)19-11-9-21(2)20-12(11)14(15,16)17/h9-10H,3-8H2,1-2H3,(H2,18,19,23). The van der Waals surface area contributed by atoms with Crippen molar-refractivity contribution in [2.75, 3.05) is 25.0 Å². The van der Waals surface area contributed by atoms with Gasteiger partial charge in [-0.15, -0.1) is 0 Å². The van der Waals surface area contributed by atoms with Crippen LogP contribution in [0, 0.1) is 0 Å². The van der Waals surface area contributed by atoms with Crippen LogP contribution < -0.4 is 10.6 Å². The molecule has 2 rings (SSSR count). The number of nitrogens with zero attached hydrogens (tertiary/aromatic N) is 3. The topological polar surface area (TPSA) is 62.2 Å². The van der Waals surface area contributed by atoms with E-state index in [1.54, 1.807) is 0 Å². The number of hydrogen-bond donors (Lipinski definition) is 2. The molecule has 9 heteroatoms. The molecule has 0 bridgehead atoms. The maximum atomic E-state index is 12.8. The van der Waals surface area contributed by atoms with Crippen LogP contribution >= 0.6 is 0 Å². The number of likely N-dealkylation sites (tertiary alicyclic amines) is 1. The summed E-state index contributed by atoms with van der Waals surface area (Å²) in [5, 5.41) is 8.25. The number of alkyl halides is 3. The van der Waals surface area contributed by atoms with Gasteiger partial charge < -0.3 is 15.5 Å². The zero-order chi connectivity index (χ0) is 17.0. The predicted octanol–water partition coefficient (Wildman–Crippen LogP) is 2.43. The Morgan fingerprint density at radius 2 is 2.00 bits per heavy atom. The largest absolute Gasteiger partial charge is 0.437 e. The number of urea groups is 1. The van der Waals surface area contributed by atoms with Crippen molar-refractivity contribution in [2.24, 2.45) is 7.05 Å². The second kappa shape index (κ2) is 7.20. The number of hydrogen-bond acceptors (Lipinski definition) is 3. The van der Waals surface area contributed by atoms with Crippen LogP contribution in [0.3, 0.4) is 0 Å². The van der Waals surface area contributed by atoms with Gasteiger partial charge in [0.15, 0.2) is 5.69 Å². The van der Waals surface area contributed by atoms with Crippen LogP contribution in [0.15, 0.2) is 6.20 Å². The number of carbonyl (C=O) groups excluding carboxylic acids is 1.